The molecule has 0 saturated heterocycles. The zero-order chi connectivity index (χ0) is 8.10. The van der Waals surface area contributed by atoms with Gasteiger partial charge in [0.05, 0.1) is 5.33 Å². The van der Waals surface area contributed by atoms with Crippen molar-refractivity contribution in [3.8, 4) is 5.75 Å². The second-order valence-corrected chi connectivity index (χ2v) is 3.00. The van der Waals surface area contributed by atoms with Gasteiger partial charge in [-0.1, -0.05) is 27.5 Å². The van der Waals surface area contributed by atoms with E-state index in [9.17, 15) is 0 Å². The lowest BCUT2D eigenvalue weighted by atomic mass is 10.3. The van der Waals surface area contributed by atoms with Crippen molar-refractivity contribution >= 4 is 27.5 Å². The first kappa shape index (κ1) is 8.88. The van der Waals surface area contributed by atoms with Crippen LogP contribution < -0.4 is 4.74 Å². The fraction of sp³-hybridized carbons (Fsp3) is 0.125. The summed E-state index contributed by atoms with van der Waals surface area (Å²) >= 11 is 8.82. The molecule has 0 aliphatic rings. The van der Waals surface area contributed by atoms with E-state index in [-0.39, 0.29) is 0 Å². The van der Waals surface area contributed by atoms with Crippen molar-refractivity contribution in [1.82, 2.24) is 0 Å². The van der Waals surface area contributed by atoms with Crippen LogP contribution in [0.1, 0.15) is 0 Å². The second kappa shape index (κ2) is 4.62. The van der Waals surface area contributed by atoms with Gasteiger partial charge in [0.1, 0.15) is 12.4 Å². The number of hydrogen-bond acceptors (Lipinski definition) is 1. The van der Waals surface area contributed by atoms with Gasteiger partial charge in [0, 0.05) is 5.02 Å². The number of rotatable bonds is 3. The molecule has 1 radical (unpaired) electrons. The topological polar surface area (TPSA) is 9.23 Å². The predicted octanol–water partition coefficient (Wildman–Crippen LogP) is 3.28. The molecule has 0 N–H and O–H groups in total. The minimum atomic E-state index is 0.557. The van der Waals surface area contributed by atoms with E-state index in [2.05, 4.69) is 15.9 Å². The highest BCUT2D eigenvalue weighted by atomic mass is 79.9. The first-order valence-electron chi connectivity index (χ1n) is 3.13. The highest BCUT2D eigenvalue weighted by Gasteiger charge is 1.91. The number of benzene rings is 1. The van der Waals surface area contributed by atoms with Gasteiger partial charge in [0.25, 0.3) is 0 Å². The lowest BCUT2D eigenvalue weighted by molar-refractivity contribution is 0.358. The Hall–Kier alpha value is -0.210. The summed E-state index contributed by atoms with van der Waals surface area (Å²) in [6, 6.07) is 7.26. The van der Waals surface area contributed by atoms with Crippen molar-refractivity contribution in [2.45, 2.75) is 0 Å². The first-order valence-corrected chi connectivity index (χ1v) is 4.42. The summed E-state index contributed by atoms with van der Waals surface area (Å²) in [6.45, 7) is 0.557. The van der Waals surface area contributed by atoms with Gasteiger partial charge in [-0.3, -0.25) is 0 Å². The van der Waals surface area contributed by atoms with Crippen molar-refractivity contribution in [3.63, 3.8) is 0 Å². The normalized spacial score (nSPS) is 9.64. The molecule has 1 aromatic rings. The quantitative estimate of drug-likeness (QED) is 0.780. The summed E-state index contributed by atoms with van der Waals surface area (Å²) < 4.78 is 5.25. The molecule has 1 rings (SSSR count). The lowest BCUT2D eigenvalue weighted by Gasteiger charge is -2.01. The van der Waals surface area contributed by atoms with Crippen LogP contribution in [-0.2, 0) is 0 Å². The largest absolute Gasteiger partial charge is 0.492 e. The van der Waals surface area contributed by atoms with Crippen LogP contribution in [0.15, 0.2) is 24.3 Å². The molecular formula is C8H7BrClO. The Morgan fingerprint density at radius 2 is 2.00 bits per heavy atom. The third kappa shape index (κ3) is 3.12. The monoisotopic (exact) mass is 233 g/mol. The number of halogens is 2. The van der Waals surface area contributed by atoms with Gasteiger partial charge in [-0.15, -0.1) is 0 Å². The molecule has 1 aromatic carbocycles. The van der Waals surface area contributed by atoms with Crippen LogP contribution in [0.3, 0.4) is 0 Å². The molecule has 0 spiro atoms. The maximum absolute atomic E-state index is 5.67. The van der Waals surface area contributed by atoms with Crippen molar-refractivity contribution in [3.05, 3.63) is 34.6 Å². The third-order valence-corrected chi connectivity index (χ3v) is 1.64. The van der Waals surface area contributed by atoms with Crippen LogP contribution in [0.5, 0.6) is 5.75 Å². The van der Waals surface area contributed by atoms with Gasteiger partial charge in [-0.25, -0.2) is 0 Å². The SMILES string of the molecule is Clc1ccc(OC[CH]Br)cc1. The van der Waals surface area contributed by atoms with Gasteiger partial charge in [0.2, 0.25) is 0 Å². The highest BCUT2D eigenvalue weighted by Crippen LogP contribution is 2.15. The summed E-state index contributed by atoms with van der Waals surface area (Å²) in [7, 11) is 0. The van der Waals surface area contributed by atoms with Crippen LogP contribution >= 0.6 is 27.5 Å². The van der Waals surface area contributed by atoms with E-state index in [0.29, 0.717) is 6.61 Å². The Kier molecular flexibility index (Phi) is 3.73. The fourth-order valence-electron chi connectivity index (χ4n) is 0.659. The number of hydrogen-bond donors (Lipinski definition) is 0. The van der Waals surface area contributed by atoms with E-state index in [1.165, 1.54) is 0 Å². The van der Waals surface area contributed by atoms with Gasteiger partial charge >= 0.3 is 0 Å². The lowest BCUT2D eigenvalue weighted by Crippen LogP contribution is -1.93. The van der Waals surface area contributed by atoms with Crippen molar-refractivity contribution in [1.29, 1.82) is 0 Å². The molecule has 0 aromatic heterocycles. The van der Waals surface area contributed by atoms with Crippen LogP contribution in [-0.4, -0.2) is 6.61 Å². The Balaban J connectivity index is 2.52. The fourth-order valence-corrected chi connectivity index (χ4v) is 0.917. The predicted molar refractivity (Wildman–Crippen MR) is 50.2 cm³/mol. The van der Waals surface area contributed by atoms with Crippen molar-refractivity contribution in [2.75, 3.05) is 6.61 Å². The molecular weight excluding hydrogens is 227 g/mol. The highest BCUT2D eigenvalue weighted by molar-refractivity contribution is 9.10. The van der Waals surface area contributed by atoms with Gasteiger partial charge in [0.15, 0.2) is 0 Å². The Bertz CT molecular complexity index is 210. The summed E-state index contributed by atoms with van der Waals surface area (Å²) in [5.41, 5.74) is 0. The van der Waals surface area contributed by atoms with Crippen LogP contribution in [0.4, 0.5) is 0 Å². The molecule has 0 fully saturated rings. The summed E-state index contributed by atoms with van der Waals surface area (Å²) in [5.74, 6) is 0.824. The summed E-state index contributed by atoms with van der Waals surface area (Å²) in [6.07, 6.45) is 0. The Morgan fingerprint density at radius 3 is 2.55 bits per heavy atom. The van der Waals surface area contributed by atoms with Gasteiger partial charge in [-0.2, -0.15) is 0 Å². The molecule has 0 unspecified atom stereocenters. The van der Waals surface area contributed by atoms with E-state index >= 15 is 0 Å². The Labute approximate surface area is 79.4 Å². The first-order chi connectivity index (χ1) is 5.33. The van der Waals surface area contributed by atoms with E-state index in [4.69, 9.17) is 16.3 Å². The Morgan fingerprint density at radius 1 is 1.36 bits per heavy atom. The average Bonchev–Trinajstić information content (AvgIpc) is 2.04. The molecule has 1 nitrogen and oxygen atoms in total. The van der Waals surface area contributed by atoms with Crippen LogP contribution in [0.25, 0.3) is 0 Å². The molecule has 0 heterocycles. The van der Waals surface area contributed by atoms with E-state index in [1.54, 1.807) is 17.5 Å². The minimum Gasteiger partial charge on any atom is -0.492 e. The molecule has 0 bridgehead atoms. The molecule has 0 aliphatic heterocycles. The molecule has 59 valence electrons. The zero-order valence-corrected chi connectivity index (χ0v) is 8.10. The van der Waals surface area contributed by atoms with Crippen molar-refractivity contribution in [2.24, 2.45) is 0 Å². The smallest absolute Gasteiger partial charge is 0.119 e. The van der Waals surface area contributed by atoms with Gasteiger partial charge in [-0.05, 0) is 24.3 Å². The van der Waals surface area contributed by atoms with Crippen LogP contribution in [0, 0.1) is 5.33 Å². The van der Waals surface area contributed by atoms with E-state index < -0.39 is 0 Å². The average molecular weight is 234 g/mol. The maximum atomic E-state index is 5.67. The van der Waals surface area contributed by atoms with Crippen molar-refractivity contribution < 1.29 is 4.74 Å². The van der Waals surface area contributed by atoms with E-state index in [0.717, 1.165) is 10.8 Å². The summed E-state index contributed by atoms with van der Waals surface area (Å²) in [4.78, 5) is 0. The van der Waals surface area contributed by atoms with Crippen LogP contribution in [0.2, 0.25) is 5.02 Å². The van der Waals surface area contributed by atoms with E-state index in [1.807, 2.05) is 12.1 Å². The molecule has 11 heavy (non-hydrogen) atoms. The minimum absolute atomic E-state index is 0.557. The third-order valence-electron chi connectivity index (χ3n) is 1.13. The molecule has 0 aliphatic carbocycles. The maximum Gasteiger partial charge on any atom is 0.119 e. The molecule has 0 amide bonds. The summed E-state index contributed by atoms with van der Waals surface area (Å²) in [5, 5.41) is 2.49. The molecule has 3 heteroatoms. The van der Waals surface area contributed by atoms with Gasteiger partial charge < -0.3 is 4.74 Å². The number of ether oxygens (including phenoxy) is 1. The second-order valence-electron chi connectivity index (χ2n) is 1.92. The molecule has 0 saturated carbocycles. The zero-order valence-electron chi connectivity index (χ0n) is 5.76. The standard InChI is InChI=1S/C8H7BrClO/c9-5-6-11-8-3-1-7(10)2-4-8/h1-5H,6H2. The molecule has 0 atom stereocenters.